The zero-order valence-corrected chi connectivity index (χ0v) is 35.4. The highest BCUT2D eigenvalue weighted by atomic mass is 16.4. The van der Waals surface area contributed by atoms with E-state index in [2.05, 4.69) is 13.8 Å². The third-order valence-corrected chi connectivity index (χ3v) is 11.4. The molecule has 0 aromatic carbocycles. The second-order valence-electron chi connectivity index (χ2n) is 16.5. The average Bonchev–Trinajstić information content (AvgIpc) is 3.13. The molecule has 0 saturated heterocycles. The highest BCUT2D eigenvalue weighted by molar-refractivity contribution is 5.98. The fourth-order valence-corrected chi connectivity index (χ4v) is 7.89. The summed E-state index contributed by atoms with van der Waals surface area (Å²) in [5.74, 6) is -2.08. The molecule has 0 saturated carbocycles. The van der Waals surface area contributed by atoms with E-state index in [1.54, 1.807) is 0 Å². The van der Waals surface area contributed by atoms with E-state index in [1.165, 1.54) is 218 Å². The number of unbranched alkanes of at least 4 members (excludes halogenated alkanes) is 38. The lowest BCUT2D eigenvalue weighted by molar-refractivity contribution is -0.136. The van der Waals surface area contributed by atoms with Gasteiger partial charge in [0.2, 0.25) is 0 Å². The van der Waals surface area contributed by atoms with Crippen molar-refractivity contribution < 1.29 is 19.8 Å². The predicted octanol–water partition coefficient (Wildman–Crippen LogP) is 16.9. The summed E-state index contributed by atoms with van der Waals surface area (Å²) < 4.78 is 0. The normalized spacial score (nSPS) is 12.0. The number of rotatable bonds is 44. The minimum Gasteiger partial charge on any atom is -0.478 e. The van der Waals surface area contributed by atoms with Crippen molar-refractivity contribution in [2.45, 2.75) is 284 Å². The summed E-state index contributed by atoms with van der Waals surface area (Å²) in [6.07, 6.45) is 53.4. The molecule has 52 heavy (non-hydrogen) atoms. The van der Waals surface area contributed by atoms with Crippen LogP contribution >= 0.6 is 0 Å². The first-order valence-corrected chi connectivity index (χ1v) is 23.7. The molecule has 0 aliphatic rings. The molecule has 0 spiro atoms. The Balaban J connectivity index is 3.73. The summed E-state index contributed by atoms with van der Waals surface area (Å²) in [4.78, 5) is 23.9. The number of carboxylic acids is 2. The van der Waals surface area contributed by atoms with Crippen LogP contribution in [0.4, 0.5) is 0 Å². The molecule has 2 N–H and O–H groups in total. The third-order valence-electron chi connectivity index (χ3n) is 11.4. The smallest absolute Gasteiger partial charge is 0.332 e. The highest BCUT2D eigenvalue weighted by Gasteiger charge is 2.19. The van der Waals surface area contributed by atoms with E-state index in [0.717, 1.165) is 38.5 Å². The van der Waals surface area contributed by atoms with Crippen LogP contribution < -0.4 is 0 Å². The fraction of sp³-hybridized carbons (Fsp3) is 0.917. The minimum absolute atomic E-state index is 0.146. The van der Waals surface area contributed by atoms with Crippen molar-refractivity contribution >= 4 is 11.9 Å². The van der Waals surface area contributed by atoms with E-state index in [-0.39, 0.29) is 11.1 Å². The Labute approximate surface area is 325 Å². The molecule has 4 nitrogen and oxygen atoms in total. The molecule has 4 heteroatoms. The van der Waals surface area contributed by atoms with Gasteiger partial charge in [0.05, 0.1) is 0 Å². The lowest BCUT2D eigenvalue weighted by atomic mass is 9.96. The Morgan fingerprint density at radius 3 is 0.519 bits per heavy atom. The van der Waals surface area contributed by atoms with Crippen molar-refractivity contribution in [2.75, 3.05) is 0 Å². The Bertz CT molecular complexity index is 723. The molecule has 0 radical (unpaired) electrons. The van der Waals surface area contributed by atoms with E-state index < -0.39 is 11.9 Å². The number of aliphatic carboxylic acids is 2. The maximum Gasteiger partial charge on any atom is 0.332 e. The van der Waals surface area contributed by atoms with E-state index in [0.29, 0.717) is 12.8 Å². The summed E-state index contributed by atoms with van der Waals surface area (Å²) >= 11 is 0. The Morgan fingerprint density at radius 1 is 0.250 bits per heavy atom. The third kappa shape index (κ3) is 37.0. The van der Waals surface area contributed by atoms with Crippen molar-refractivity contribution in [1.29, 1.82) is 0 Å². The van der Waals surface area contributed by atoms with Gasteiger partial charge in [0, 0.05) is 11.1 Å². The molecule has 0 atom stereocenters. The molecule has 0 rings (SSSR count). The SMILES string of the molecule is CCCCCCCCCCCCCCCCCCCCCC/C(C(=O)O)=C(\CCCCCCCCCCCCCCCCCCCCCC)C(=O)O. The number of hydrogen-bond donors (Lipinski definition) is 2. The van der Waals surface area contributed by atoms with Crippen molar-refractivity contribution in [3.8, 4) is 0 Å². The molecule has 0 aromatic rings. The second kappa shape index (κ2) is 42.4. The minimum atomic E-state index is -1.04. The van der Waals surface area contributed by atoms with E-state index in [1.807, 2.05) is 0 Å². The van der Waals surface area contributed by atoms with Crippen molar-refractivity contribution in [3.05, 3.63) is 11.1 Å². The first-order chi connectivity index (χ1) is 25.5. The van der Waals surface area contributed by atoms with Crippen LogP contribution in [-0.4, -0.2) is 22.2 Å². The van der Waals surface area contributed by atoms with E-state index in [9.17, 15) is 19.8 Å². The van der Waals surface area contributed by atoms with Crippen LogP contribution in [0.1, 0.15) is 284 Å². The van der Waals surface area contributed by atoms with Gasteiger partial charge in [-0.25, -0.2) is 9.59 Å². The molecule has 0 unspecified atom stereocenters. The van der Waals surface area contributed by atoms with Gasteiger partial charge >= 0.3 is 11.9 Å². The Hall–Kier alpha value is -1.32. The van der Waals surface area contributed by atoms with Crippen LogP contribution in [0.5, 0.6) is 0 Å². The molecule has 0 aromatic heterocycles. The van der Waals surface area contributed by atoms with Gasteiger partial charge in [-0.3, -0.25) is 0 Å². The van der Waals surface area contributed by atoms with Gasteiger partial charge < -0.3 is 10.2 Å². The maximum absolute atomic E-state index is 12.0. The van der Waals surface area contributed by atoms with Crippen LogP contribution in [0.2, 0.25) is 0 Å². The summed E-state index contributed by atoms with van der Waals surface area (Å²) in [6, 6.07) is 0. The summed E-state index contributed by atoms with van der Waals surface area (Å²) in [6.45, 7) is 4.57. The second-order valence-corrected chi connectivity index (χ2v) is 16.5. The monoisotopic (exact) mass is 733 g/mol. The van der Waals surface area contributed by atoms with Crippen molar-refractivity contribution in [1.82, 2.24) is 0 Å². The molecule has 0 aliphatic carbocycles. The lowest BCUT2D eigenvalue weighted by Gasteiger charge is -2.10. The maximum atomic E-state index is 12.0. The molecule has 308 valence electrons. The first-order valence-electron chi connectivity index (χ1n) is 23.7. The Morgan fingerprint density at radius 2 is 0.385 bits per heavy atom. The summed E-state index contributed by atoms with van der Waals surface area (Å²) in [5, 5.41) is 19.6. The van der Waals surface area contributed by atoms with Crippen molar-refractivity contribution in [2.24, 2.45) is 0 Å². The van der Waals surface area contributed by atoms with Crippen molar-refractivity contribution in [3.63, 3.8) is 0 Å². The topological polar surface area (TPSA) is 74.6 Å². The number of carbonyl (C=O) groups is 2. The molecule has 0 fully saturated rings. The van der Waals surface area contributed by atoms with Gasteiger partial charge in [0.1, 0.15) is 0 Å². The zero-order chi connectivity index (χ0) is 38.0. The zero-order valence-electron chi connectivity index (χ0n) is 35.4. The van der Waals surface area contributed by atoms with Gasteiger partial charge in [-0.2, -0.15) is 0 Å². The predicted molar refractivity (Wildman–Crippen MR) is 228 cm³/mol. The van der Waals surface area contributed by atoms with Crippen LogP contribution in [0.15, 0.2) is 11.1 Å². The first kappa shape index (κ1) is 50.7. The molecular formula is C48H92O4. The van der Waals surface area contributed by atoms with Gasteiger partial charge in [0.15, 0.2) is 0 Å². The quantitative estimate of drug-likeness (QED) is 0.0483. The number of hydrogen-bond acceptors (Lipinski definition) is 2. The number of carboxylic acid groups (broad SMARTS) is 2. The van der Waals surface area contributed by atoms with Crippen LogP contribution in [-0.2, 0) is 9.59 Å². The average molecular weight is 733 g/mol. The van der Waals surface area contributed by atoms with Crippen LogP contribution in [0.3, 0.4) is 0 Å². The van der Waals surface area contributed by atoms with Gasteiger partial charge in [-0.1, -0.05) is 258 Å². The molecule has 0 bridgehead atoms. The van der Waals surface area contributed by atoms with Gasteiger partial charge in [-0.15, -0.1) is 0 Å². The largest absolute Gasteiger partial charge is 0.478 e. The van der Waals surface area contributed by atoms with Gasteiger partial charge in [0.25, 0.3) is 0 Å². The summed E-state index contributed by atoms with van der Waals surface area (Å²) in [7, 11) is 0. The summed E-state index contributed by atoms with van der Waals surface area (Å²) in [5.41, 5.74) is 0.292. The van der Waals surface area contributed by atoms with E-state index >= 15 is 0 Å². The molecular weight excluding hydrogens is 641 g/mol. The molecule has 0 heterocycles. The van der Waals surface area contributed by atoms with Crippen LogP contribution in [0.25, 0.3) is 0 Å². The Kier molecular flexibility index (Phi) is 41.3. The fourth-order valence-electron chi connectivity index (χ4n) is 7.89. The molecule has 0 amide bonds. The highest BCUT2D eigenvalue weighted by Crippen LogP contribution is 2.22. The van der Waals surface area contributed by atoms with E-state index in [4.69, 9.17) is 0 Å². The lowest BCUT2D eigenvalue weighted by Crippen LogP contribution is -2.12. The molecule has 0 aliphatic heterocycles. The van der Waals surface area contributed by atoms with Crippen LogP contribution in [0, 0.1) is 0 Å². The van der Waals surface area contributed by atoms with Gasteiger partial charge in [-0.05, 0) is 25.7 Å². The standard InChI is InChI=1S/C48H92O4/c1-3-5-7-9-11-13-15-17-19-21-23-25-27-29-31-33-35-37-39-41-43-45(47(49)50)46(48(51)52)44-42-40-38-36-34-32-30-28-26-24-22-20-18-16-14-12-10-8-6-4-2/h3-44H2,1-2H3,(H,49,50)(H,51,52)/b46-45-.